The zero-order valence-corrected chi connectivity index (χ0v) is 14.7. The third-order valence-corrected chi connectivity index (χ3v) is 3.90. The highest BCUT2D eigenvalue weighted by atomic mass is 35.5. The van der Waals surface area contributed by atoms with Crippen molar-refractivity contribution in [3.05, 3.63) is 35.1 Å². The van der Waals surface area contributed by atoms with E-state index in [1.807, 2.05) is 17.7 Å². The molecule has 0 aliphatic carbocycles. The Morgan fingerprint density at radius 1 is 1.32 bits per heavy atom. The van der Waals surface area contributed by atoms with Gasteiger partial charge in [0, 0.05) is 30.8 Å². The first kappa shape index (κ1) is 17.2. The van der Waals surface area contributed by atoms with Crippen molar-refractivity contribution in [3.63, 3.8) is 0 Å². The van der Waals surface area contributed by atoms with Gasteiger partial charge in [0.15, 0.2) is 17.0 Å². The lowest BCUT2D eigenvalue weighted by Gasteiger charge is -2.12. The quantitative estimate of drug-likeness (QED) is 0.496. The number of anilines is 3. The number of halogens is 1. The van der Waals surface area contributed by atoms with Crippen LogP contribution in [0.4, 0.5) is 17.5 Å². The highest BCUT2D eigenvalue weighted by Gasteiger charge is 2.13. The fourth-order valence-electron chi connectivity index (χ4n) is 2.35. The minimum absolute atomic E-state index is 0.351. The van der Waals surface area contributed by atoms with Crippen molar-refractivity contribution in [2.24, 2.45) is 7.05 Å². The fourth-order valence-corrected chi connectivity index (χ4v) is 2.55. The maximum atomic E-state index is 9.44. The zero-order chi connectivity index (χ0) is 18.0. The molecule has 0 amide bonds. The predicted octanol–water partition coefficient (Wildman–Crippen LogP) is 2.00. The number of nitrogens with zero attached hydrogens (tertiary/aromatic N) is 4. The molecule has 0 fully saturated rings. The maximum absolute atomic E-state index is 9.44. The Morgan fingerprint density at radius 3 is 2.88 bits per heavy atom. The van der Waals surface area contributed by atoms with Crippen LogP contribution in [0.3, 0.4) is 0 Å². The molecule has 8 nitrogen and oxygen atoms in total. The fraction of sp³-hybridized carbons (Fsp3) is 0.312. The van der Waals surface area contributed by atoms with E-state index in [1.54, 1.807) is 25.4 Å². The van der Waals surface area contributed by atoms with Gasteiger partial charge in [-0.3, -0.25) is 0 Å². The maximum Gasteiger partial charge on any atom is 0.226 e. The van der Waals surface area contributed by atoms with E-state index in [1.165, 1.54) is 0 Å². The third-order valence-electron chi connectivity index (χ3n) is 3.67. The van der Waals surface area contributed by atoms with Crippen molar-refractivity contribution < 1.29 is 5.11 Å². The summed E-state index contributed by atoms with van der Waals surface area (Å²) < 4.78 is 1.81. The van der Waals surface area contributed by atoms with Crippen LogP contribution >= 0.6 is 11.6 Å². The summed E-state index contributed by atoms with van der Waals surface area (Å²) in [6.45, 7) is 2.49. The summed E-state index contributed by atoms with van der Waals surface area (Å²) in [5, 5.41) is 16.3. The lowest BCUT2D eigenvalue weighted by Crippen LogP contribution is -2.17. The minimum atomic E-state index is -0.506. The highest BCUT2D eigenvalue weighted by Crippen LogP contribution is 2.23. The van der Waals surface area contributed by atoms with Crippen LogP contribution in [-0.4, -0.2) is 37.3 Å². The summed E-state index contributed by atoms with van der Waals surface area (Å²) in [4.78, 5) is 13.2. The number of nitrogen functional groups attached to an aromatic ring is 1. The molecule has 0 aliphatic heterocycles. The van der Waals surface area contributed by atoms with Gasteiger partial charge in [0.2, 0.25) is 5.95 Å². The van der Waals surface area contributed by atoms with Crippen molar-refractivity contribution in [1.82, 2.24) is 19.5 Å². The van der Waals surface area contributed by atoms with E-state index in [0.29, 0.717) is 46.7 Å². The number of hydrogen-bond acceptors (Lipinski definition) is 7. The number of imidazole rings is 1. The van der Waals surface area contributed by atoms with E-state index >= 15 is 0 Å². The number of fused-ring (bicyclic) bond motifs is 1. The summed E-state index contributed by atoms with van der Waals surface area (Å²) >= 11 is 6.03. The Balaban J connectivity index is 1.89. The molecule has 0 bridgehead atoms. The molecule has 0 aliphatic rings. The molecule has 2 aromatic heterocycles. The number of hydrogen-bond donors (Lipinski definition) is 4. The minimum Gasteiger partial charge on any atom is -0.398 e. The lowest BCUT2D eigenvalue weighted by molar-refractivity contribution is 0.208. The third kappa shape index (κ3) is 3.92. The van der Waals surface area contributed by atoms with Crippen LogP contribution in [0.15, 0.2) is 24.5 Å². The lowest BCUT2D eigenvalue weighted by atomic mass is 10.2. The molecule has 1 atom stereocenters. The van der Waals surface area contributed by atoms with Gasteiger partial charge in [0.05, 0.1) is 12.4 Å². The zero-order valence-electron chi connectivity index (χ0n) is 14.0. The Labute approximate surface area is 150 Å². The van der Waals surface area contributed by atoms with Gasteiger partial charge in [-0.1, -0.05) is 11.6 Å². The van der Waals surface area contributed by atoms with Gasteiger partial charge in [-0.15, -0.1) is 0 Å². The number of benzene rings is 1. The molecule has 3 aromatic rings. The molecule has 0 spiro atoms. The predicted molar refractivity (Wildman–Crippen MR) is 99.7 cm³/mol. The average Bonchev–Trinajstić information content (AvgIpc) is 2.95. The molecule has 1 aromatic carbocycles. The van der Waals surface area contributed by atoms with Crippen LogP contribution in [0.2, 0.25) is 5.02 Å². The first-order valence-corrected chi connectivity index (χ1v) is 8.20. The highest BCUT2D eigenvalue weighted by molar-refractivity contribution is 6.30. The van der Waals surface area contributed by atoms with Gasteiger partial charge >= 0.3 is 0 Å². The molecule has 0 saturated carbocycles. The summed E-state index contributed by atoms with van der Waals surface area (Å²) in [7, 11) is 1.86. The summed E-state index contributed by atoms with van der Waals surface area (Å²) in [5.74, 6) is 0.997. The number of aromatic nitrogens is 4. The molecule has 9 heteroatoms. The van der Waals surface area contributed by atoms with Crippen molar-refractivity contribution >= 4 is 40.2 Å². The van der Waals surface area contributed by atoms with Gasteiger partial charge in [-0.05, 0) is 30.7 Å². The second-order valence-corrected chi connectivity index (χ2v) is 6.29. The van der Waals surface area contributed by atoms with E-state index in [0.717, 1.165) is 5.56 Å². The standard InChI is InChI=1S/C16H20ClN7O/c1-9(25)6-20-16-22-14(13-15(23-16)24(2)8-21-13)19-7-10-5-11(17)3-4-12(10)18/h3-5,8-9,25H,6-7,18H2,1-2H3,(H2,19,20,22,23). The second kappa shape index (κ2) is 7.12. The number of aliphatic hydroxyl groups excluding tert-OH is 1. The Kier molecular flexibility index (Phi) is 4.91. The van der Waals surface area contributed by atoms with Crippen molar-refractivity contribution in [3.8, 4) is 0 Å². The van der Waals surface area contributed by atoms with Gasteiger partial charge in [-0.25, -0.2) is 4.98 Å². The SMILES string of the molecule is CC(O)CNc1nc(NCc2cc(Cl)ccc2N)c2ncn(C)c2n1. The van der Waals surface area contributed by atoms with E-state index < -0.39 is 6.10 Å². The Bertz CT molecular complexity index is 894. The Hall–Kier alpha value is -2.58. The molecule has 132 valence electrons. The second-order valence-electron chi connectivity index (χ2n) is 5.85. The molecule has 0 saturated heterocycles. The topological polar surface area (TPSA) is 114 Å². The summed E-state index contributed by atoms with van der Waals surface area (Å²) in [5.41, 5.74) is 8.85. The van der Waals surface area contributed by atoms with E-state index in [4.69, 9.17) is 17.3 Å². The molecular formula is C16H20ClN7O. The number of rotatable bonds is 6. The molecule has 1 unspecified atom stereocenters. The van der Waals surface area contributed by atoms with Gasteiger partial charge < -0.3 is 26.0 Å². The largest absolute Gasteiger partial charge is 0.398 e. The molecule has 5 N–H and O–H groups in total. The molecule has 3 rings (SSSR count). The summed E-state index contributed by atoms with van der Waals surface area (Å²) in [6, 6.07) is 5.33. The van der Waals surface area contributed by atoms with Crippen LogP contribution in [-0.2, 0) is 13.6 Å². The van der Waals surface area contributed by atoms with Gasteiger partial charge in [0.1, 0.15) is 0 Å². The molecule has 0 radical (unpaired) electrons. The average molecular weight is 362 g/mol. The first-order valence-electron chi connectivity index (χ1n) is 7.83. The monoisotopic (exact) mass is 361 g/mol. The molecule has 25 heavy (non-hydrogen) atoms. The van der Waals surface area contributed by atoms with Crippen LogP contribution in [0, 0.1) is 0 Å². The van der Waals surface area contributed by atoms with E-state index in [9.17, 15) is 5.11 Å². The van der Waals surface area contributed by atoms with Crippen LogP contribution in [0.1, 0.15) is 12.5 Å². The molecule has 2 heterocycles. The smallest absolute Gasteiger partial charge is 0.226 e. The molecular weight excluding hydrogens is 342 g/mol. The van der Waals surface area contributed by atoms with Crippen molar-refractivity contribution in [1.29, 1.82) is 0 Å². The van der Waals surface area contributed by atoms with Crippen LogP contribution in [0.25, 0.3) is 11.2 Å². The van der Waals surface area contributed by atoms with Crippen LogP contribution in [0.5, 0.6) is 0 Å². The number of nitrogens with one attached hydrogen (secondary N) is 2. The first-order chi connectivity index (χ1) is 11.9. The van der Waals surface area contributed by atoms with Crippen molar-refractivity contribution in [2.45, 2.75) is 19.6 Å². The number of aliphatic hydroxyl groups is 1. The van der Waals surface area contributed by atoms with Gasteiger partial charge in [0.25, 0.3) is 0 Å². The van der Waals surface area contributed by atoms with Gasteiger partial charge in [-0.2, -0.15) is 9.97 Å². The Morgan fingerprint density at radius 2 is 2.12 bits per heavy atom. The summed E-state index contributed by atoms with van der Waals surface area (Å²) in [6.07, 6.45) is 1.17. The van der Waals surface area contributed by atoms with Crippen molar-refractivity contribution in [2.75, 3.05) is 22.9 Å². The van der Waals surface area contributed by atoms with E-state index in [-0.39, 0.29) is 0 Å². The normalized spacial score (nSPS) is 12.3. The number of aryl methyl sites for hydroxylation is 1. The van der Waals surface area contributed by atoms with E-state index in [2.05, 4.69) is 25.6 Å². The number of nitrogens with two attached hydrogens (primary N) is 1. The van der Waals surface area contributed by atoms with Crippen LogP contribution < -0.4 is 16.4 Å².